The summed E-state index contributed by atoms with van der Waals surface area (Å²) in [5.41, 5.74) is 2.57. The Morgan fingerprint density at radius 2 is 2.17 bits per heavy atom. The molecule has 0 amide bonds. The van der Waals surface area contributed by atoms with Crippen LogP contribution in [0.3, 0.4) is 0 Å². The average molecular weight is 164 g/mol. The molecular formula is C10H16N2. The van der Waals surface area contributed by atoms with Crippen LogP contribution in [0.5, 0.6) is 0 Å². The van der Waals surface area contributed by atoms with Crippen molar-refractivity contribution in [2.75, 3.05) is 0 Å². The molecule has 12 heavy (non-hydrogen) atoms. The number of aryl methyl sites for hydroxylation is 2. The summed E-state index contributed by atoms with van der Waals surface area (Å²) in [6.07, 6.45) is 2.46. The van der Waals surface area contributed by atoms with Crippen LogP contribution in [0.25, 0.3) is 0 Å². The van der Waals surface area contributed by atoms with Crippen LogP contribution < -0.4 is 0 Å². The third-order valence-corrected chi connectivity index (χ3v) is 2.89. The minimum absolute atomic E-state index is 0.824. The van der Waals surface area contributed by atoms with Gasteiger partial charge in [-0.3, -0.25) is 0 Å². The van der Waals surface area contributed by atoms with Gasteiger partial charge in [-0.25, -0.2) is 4.98 Å². The predicted molar refractivity (Wildman–Crippen MR) is 49.2 cm³/mol. The van der Waals surface area contributed by atoms with Gasteiger partial charge in [0, 0.05) is 18.7 Å². The SMILES string of the molecule is Cc1nc2n(c1C)CC(C)CC2. The Hall–Kier alpha value is -0.790. The first kappa shape index (κ1) is 7.84. The van der Waals surface area contributed by atoms with E-state index in [1.54, 1.807) is 0 Å². The van der Waals surface area contributed by atoms with Crippen molar-refractivity contribution in [2.45, 2.75) is 40.2 Å². The smallest absolute Gasteiger partial charge is 0.109 e. The molecule has 1 unspecified atom stereocenters. The van der Waals surface area contributed by atoms with E-state index in [9.17, 15) is 0 Å². The molecule has 0 spiro atoms. The van der Waals surface area contributed by atoms with Crippen molar-refractivity contribution in [3.8, 4) is 0 Å². The lowest BCUT2D eigenvalue weighted by Gasteiger charge is -2.21. The van der Waals surface area contributed by atoms with Gasteiger partial charge in [0.05, 0.1) is 5.69 Å². The number of fused-ring (bicyclic) bond motifs is 1. The molecule has 1 atom stereocenters. The summed E-state index contributed by atoms with van der Waals surface area (Å²) in [4.78, 5) is 4.55. The van der Waals surface area contributed by atoms with Crippen molar-refractivity contribution in [3.63, 3.8) is 0 Å². The molecule has 66 valence electrons. The van der Waals surface area contributed by atoms with Crippen molar-refractivity contribution in [1.82, 2.24) is 9.55 Å². The molecule has 2 nitrogen and oxygen atoms in total. The lowest BCUT2D eigenvalue weighted by atomic mass is 10.0. The van der Waals surface area contributed by atoms with Crippen LogP contribution >= 0.6 is 0 Å². The minimum atomic E-state index is 0.824. The molecule has 0 saturated carbocycles. The molecule has 1 aromatic heterocycles. The number of nitrogens with zero attached hydrogens (tertiary/aromatic N) is 2. The Kier molecular flexibility index (Phi) is 1.71. The summed E-state index contributed by atoms with van der Waals surface area (Å²) in [5, 5.41) is 0. The molecule has 0 N–H and O–H groups in total. The van der Waals surface area contributed by atoms with E-state index in [-0.39, 0.29) is 0 Å². The van der Waals surface area contributed by atoms with Crippen LogP contribution in [-0.2, 0) is 13.0 Å². The monoisotopic (exact) mass is 164 g/mol. The lowest BCUT2D eigenvalue weighted by Crippen LogP contribution is -2.18. The van der Waals surface area contributed by atoms with Gasteiger partial charge in [-0.1, -0.05) is 6.92 Å². The standard InChI is InChI=1S/C10H16N2/c1-7-4-5-10-11-8(2)9(3)12(10)6-7/h7H,4-6H2,1-3H3. The van der Waals surface area contributed by atoms with Crippen LogP contribution in [0.4, 0.5) is 0 Å². The van der Waals surface area contributed by atoms with E-state index in [1.807, 2.05) is 0 Å². The molecule has 1 aliphatic heterocycles. The Morgan fingerprint density at radius 3 is 2.92 bits per heavy atom. The zero-order chi connectivity index (χ0) is 8.72. The topological polar surface area (TPSA) is 17.8 Å². The second kappa shape index (κ2) is 2.61. The highest BCUT2D eigenvalue weighted by molar-refractivity contribution is 5.15. The largest absolute Gasteiger partial charge is 0.332 e. The molecular weight excluding hydrogens is 148 g/mol. The first-order chi connectivity index (χ1) is 5.68. The number of hydrogen-bond donors (Lipinski definition) is 0. The van der Waals surface area contributed by atoms with Gasteiger partial charge in [0.25, 0.3) is 0 Å². The molecule has 0 aromatic carbocycles. The zero-order valence-corrected chi connectivity index (χ0v) is 8.09. The van der Waals surface area contributed by atoms with Crippen LogP contribution in [0.2, 0.25) is 0 Å². The summed E-state index contributed by atoms with van der Waals surface area (Å²) in [6, 6.07) is 0. The van der Waals surface area contributed by atoms with Gasteiger partial charge in [0.2, 0.25) is 0 Å². The average Bonchev–Trinajstić information content (AvgIpc) is 2.31. The van der Waals surface area contributed by atoms with E-state index in [4.69, 9.17) is 0 Å². The minimum Gasteiger partial charge on any atom is -0.332 e. The fourth-order valence-electron chi connectivity index (χ4n) is 1.94. The number of aromatic nitrogens is 2. The summed E-state index contributed by atoms with van der Waals surface area (Å²) in [7, 11) is 0. The maximum Gasteiger partial charge on any atom is 0.109 e. The van der Waals surface area contributed by atoms with Gasteiger partial charge < -0.3 is 4.57 Å². The van der Waals surface area contributed by atoms with Crippen molar-refractivity contribution in [2.24, 2.45) is 5.92 Å². The highest BCUT2D eigenvalue weighted by Gasteiger charge is 2.18. The van der Waals surface area contributed by atoms with Gasteiger partial charge in [-0.2, -0.15) is 0 Å². The zero-order valence-electron chi connectivity index (χ0n) is 8.09. The second-order valence-electron chi connectivity index (χ2n) is 3.95. The van der Waals surface area contributed by atoms with Gasteiger partial charge >= 0.3 is 0 Å². The van der Waals surface area contributed by atoms with Crippen LogP contribution in [0.15, 0.2) is 0 Å². The van der Waals surface area contributed by atoms with Crippen molar-refractivity contribution in [3.05, 3.63) is 17.2 Å². The van der Waals surface area contributed by atoms with Gasteiger partial charge in [0.15, 0.2) is 0 Å². The summed E-state index contributed by atoms with van der Waals surface area (Å²) in [5.74, 6) is 2.12. The molecule has 1 aliphatic rings. The van der Waals surface area contributed by atoms with Gasteiger partial charge in [-0.05, 0) is 26.2 Å². The van der Waals surface area contributed by atoms with Crippen LogP contribution in [-0.4, -0.2) is 9.55 Å². The summed E-state index contributed by atoms with van der Waals surface area (Å²) >= 11 is 0. The van der Waals surface area contributed by atoms with Crippen molar-refractivity contribution in [1.29, 1.82) is 0 Å². The maximum absolute atomic E-state index is 4.55. The second-order valence-corrected chi connectivity index (χ2v) is 3.95. The Labute approximate surface area is 73.6 Å². The highest BCUT2D eigenvalue weighted by Crippen LogP contribution is 2.21. The molecule has 2 heterocycles. The Bertz CT molecular complexity index is 299. The lowest BCUT2D eigenvalue weighted by molar-refractivity contribution is 0.389. The fourth-order valence-corrected chi connectivity index (χ4v) is 1.94. The van der Waals surface area contributed by atoms with Gasteiger partial charge in [0.1, 0.15) is 5.82 Å². The molecule has 2 rings (SSSR count). The fraction of sp³-hybridized carbons (Fsp3) is 0.700. The van der Waals surface area contributed by atoms with Crippen molar-refractivity contribution >= 4 is 0 Å². The van der Waals surface area contributed by atoms with E-state index < -0.39 is 0 Å². The molecule has 0 bridgehead atoms. The van der Waals surface area contributed by atoms with E-state index in [1.165, 1.54) is 30.2 Å². The molecule has 0 aliphatic carbocycles. The van der Waals surface area contributed by atoms with E-state index in [0.717, 1.165) is 12.3 Å². The summed E-state index contributed by atoms with van der Waals surface area (Å²) in [6.45, 7) is 7.76. The third-order valence-electron chi connectivity index (χ3n) is 2.89. The predicted octanol–water partition coefficient (Wildman–Crippen LogP) is 2.08. The van der Waals surface area contributed by atoms with Crippen LogP contribution in [0.1, 0.15) is 30.6 Å². The Balaban J connectivity index is 2.44. The van der Waals surface area contributed by atoms with E-state index in [2.05, 4.69) is 30.3 Å². The first-order valence-corrected chi connectivity index (χ1v) is 4.71. The molecule has 1 aromatic rings. The Morgan fingerprint density at radius 1 is 1.42 bits per heavy atom. The number of imidazole rings is 1. The van der Waals surface area contributed by atoms with Gasteiger partial charge in [-0.15, -0.1) is 0 Å². The molecule has 0 fully saturated rings. The quantitative estimate of drug-likeness (QED) is 0.574. The van der Waals surface area contributed by atoms with E-state index >= 15 is 0 Å². The summed E-state index contributed by atoms with van der Waals surface area (Å²) < 4.78 is 2.38. The number of hydrogen-bond acceptors (Lipinski definition) is 1. The van der Waals surface area contributed by atoms with Crippen LogP contribution in [0, 0.1) is 19.8 Å². The first-order valence-electron chi connectivity index (χ1n) is 4.71. The molecule has 0 radical (unpaired) electrons. The molecule has 0 saturated heterocycles. The highest BCUT2D eigenvalue weighted by atomic mass is 15.1. The normalized spacial score (nSPS) is 22.4. The van der Waals surface area contributed by atoms with E-state index in [0.29, 0.717) is 0 Å². The maximum atomic E-state index is 4.55. The molecule has 2 heteroatoms. The third kappa shape index (κ3) is 1.06. The number of rotatable bonds is 0. The van der Waals surface area contributed by atoms with Crippen molar-refractivity contribution < 1.29 is 0 Å².